The minimum atomic E-state index is -0.150. The fourth-order valence-corrected chi connectivity index (χ4v) is 3.24. The Bertz CT molecular complexity index is 599. The molecule has 0 spiro atoms. The standard InChI is InChI=1S/C17H27N5O3/c1-25-11-8-16(23)22-9-3-2-4-14(22)7-10-21-12-15(19-20-21)17(24)18-13-5-6-13/h12-14H,2-11H2,1H3,(H,18,24). The van der Waals surface area contributed by atoms with E-state index in [9.17, 15) is 9.59 Å². The van der Waals surface area contributed by atoms with Crippen molar-refractivity contribution < 1.29 is 14.3 Å². The number of hydrogen-bond donors (Lipinski definition) is 1. The minimum Gasteiger partial charge on any atom is -0.384 e. The molecule has 1 saturated heterocycles. The molecule has 0 radical (unpaired) electrons. The molecule has 0 bridgehead atoms. The van der Waals surface area contributed by atoms with Crippen LogP contribution in [0.25, 0.3) is 0 Å². The first-order chi connectivity index (χ1) is 12.2. The summed E-state index contributed by atoms with van der Waals surface area (Å²) in [5.74, 6) is 0.0115. The summed E-state index contributed by atoms with van der Waals surface area (Å²) >= 11 is 0. The van der Waals surface area contributed by atoms with Crippen molar-refractivity contribution in [1.82, 2.24) is 25.2 Å². The predicted octanol–water partition coefficient (Wildman–Crippen LogP) is 0.978. The second kappa shape index (κ2) is 8.42. The third-order valence-electron chi connectivity index (χ3n) is 4.84. The Morgan fingerprint density at radius 2 is 2.16 bits per heavy atom. The van der Waals surface area contributed by atoms with Gasteiger partial charge in [-0.15, -0.1) is 5.10 Å². The van der Waals surface area contributed by atoms with E-state index in [4.69, 9.17) is 4.74 Å². The van der Waals surface area contributed by atoms with Crippen LogP contribution in [0.5, 0.6) is 0 Å². The van der Waals surface area contributed by atoms with Gasteiger partial charge in [-0.05, 0) is 38.5 Å². The Balaban J connectivity index is 1.51. The van der Waals surface area contributed by atoms with Crippen molar-refractivity contribution in [3.63, 3.8) is 0 Å². The summed E-state index contributed by atoms with van der Waals surface area (Å²) in [4.78, 5) is 26.3. The van der Waals surface area contributed by atoms with Crippen LogP contribution in [0.2, 0.25) is 0 Å². The summed E-state index contributed by atoms with van der Waals surface area (Å²) in [5.41, 5.74) is 0.364. The van der Waals surface area contributed by atoms with Crippen molar-refractivity contribution in [2.45, 2.75) is 63.6 Å². The number of carbonyl (C=O) groups excluding carboxylic acids is 2. The van der Waals surface area contributed by atoms with Crippen LogP contribution in [0, 0.1) is 0 Å². The van der Waals surface area contributed by atoms with Crippen molar-refractivity contribution in [3.05, 3.63) is 11.9 Å². The van der Waals surface area contributed by atoms with E-state index in [1.807, 2.05) is 4.90 Å². The van der Waals surface area contributed by atoms with Gasteiger partial charge >= 0.3 is 0 Å². The molecular weight excluding hydrogens is 322 g/mol. The van der Waals surface area contributed by atoms with Gasteiger partial charge in [0.2, 0.25) is 5.91 Å². The molecule has 1 N–H and O–H groups in total. The number of methoxy groups -OCH3 is 1. The van der Waals surface area contributed by atoms with Gasteiger partial charge in [0.05, 0.1) is 19.2 Å². The summed E-state index contributed by atoms with van der Waals surface area (Å²) in [6.07, 6.45) is 8.27. The number of aromatic nitrogens is 3. The highest BCUT2D eigenvalue weighted by molar-refractivity contribution is 5.92. The van der Waals surface area contributed by atoms with E-state index in [1.54, 1.807) is 18.0 Å². The SMILES string of the molecule is COCCC(=O)N1CCCCC1CCn1cc(C(=O)NC2CC2)nn1. The number of nitrogens with one attached hydrogen (secondary N) is 1. The fourth-order valence-electron chi connectivity index (χ4n) is 3.24. The first kappa shape index (κ1) is 17.8. The molecule has 1 aliphatic heterocycles. The van der Waals surface area contributed by atoms with Crippen molar-refractivity contribution >= 4 is 11.8 Å². The monoisotopic (exact) mass is 349 g/mol. The molecule has 8 nitrogen and oxygen atoms in total. The topological polar surface area (TPSA) is 89.4 Å². The molecular formula is C17H27N5O3. The third-order valence-corrected chi connectivity index (χ3v) is 4.84. The van der Waals surface area contributed by atoms with Crippen molar-refractivity contribution in [3.8, 4) is 0 Å². The van der Waals surface area contributed by atoms with Crippen LogP contribution in [0.1, 0.15) is 55.4 Å². The lowest BCUT2D eigenvalue weighted by Gasteiger charge is -2.36. The number of nitrogens with zero attached hydrogens (tertiary/aromatic N) is 4. The van der Waals surface area contributed by atoms with Crippen LogP contribution in [0.4, 0.5) is 0 Å². The molecule has 8 heteroatoms. The molecule has 138 valence electrons. The predicted molar refractivity (Wildman–Crippen MR) is 91.0 cm³/mol. The number of amides is 2. The van der Waals surface area contributed by atoms with Crippen LogP contribution in [0.15, 0.2) is 6.20 Å². The van der Waals surface area contributed by atoms with Crippen LogP contribution in [-0.4, -0.2) is 64.1 Å². The van der Waals surface area contributed by atoms with Gasteiger partial charge in [-0.25, -0.2) is 0 Å². The van der Waals surface area contributed by atoms with Crippen LogP contribution in [0.3, 0.4) is 0 Å². The number of aryl methyl sites for hydroxylation is 1. The zero-order chi connectivity index (χ0) is 17.6. The molecule has 1 aliphatic carbocycles. The zero-order valence-electron chi connectivity index (χ0n) is 14.8. The Morgan fingerprint density at radius 1 is 1.32 bits per heavy atom. The van der Waals surface area contributed by atoms with E-state index in [-0.39, 0.29) is 17.9 Å². The Labute approximate surface area is 147 Å². The van der Waals surface area contributed by atoms with Gasteiger partial charge in [0, 0.05) is 32.3 Å². The van der Waals surface area contributed by atoms with Crippen LogP contribution in [-0.2, 0) is 16.1 Å². The molecule has 2 amide bonds. The lowest BCUT2D eigenvalue weighted by molar-refractivity contribution is -0.136. The fraction of sp³-hybridized carbons (Fsp3) is 0.765. The first-order valence-electron chi connectivity index (χ1n) is 9.17. The average Bonchev–Trinajstić information content (AvgIpc) is 3.31. The molecule has 1 aromatic rings. The Hall–Kier alpha value is -1.96. The molecule has 0 aromatic carbocycles. The summed E-state index contributed by atoms with van der Waals surface area (Å²) in [6.45, 7) is 1.94. The van der Waals surface area contributed by atoms with E-state index in [2.05, 4.69) is 15.6 Å². The maximum absolute atomic E-state index is 12.3. The van der Waals surface area contributed by atoms with E-state index in [0.717, 1.165) is 45.1 Å². The molecule has 2 heterocycles. The van der Waals surface area contributed by atoms with Gasteiger partial charge in [-0.3, -0.25) is 14.3 Å². The molecule has 3 rings (SSSR count). The molecule has 1 saturated carbocycles. The highest BCUT2D eigenvalue weighted by Crippen LogP contribution is 2.21. The third kappa shape index (κ3) is 5.01. The van der Waals surface area contributed by atoms with Gasteiger partial charge in [-0.2, -0.15) is 0 Å². The van der Waals surface area contributed by atoms with Gasteiger partial charge in [0.1, 0.15) is 0 Å². The summed E-state index contributed by atoms with van der Waals surface area (Å²) in [6, 6.07) is 0.539. The molecule has 1 aromatic heterocycles. The molecule has 2 fully saturated rings. The van der Waals surface area contributed by atoms with Gasteiger partial charge in [0.25, 0.3) is 5.91 Å². The Kier molecular flexibility index (Phi) is 6.01. The first-order valence-corrected chi connectivity index (χ1v) is 9.17. The zero-order valence-corrected chi connectivity index (χ0v) is 14.8. The van der Waals surface area contributed by atoms with Gasteiger partial charge in [-0.1, -0.05) is 5.21 Å². The second-order valence-electron chi connectivity index (χ2n) is 6.88. The number of carbonyl (C=O) groups is 2. The highest BCUT2D eigenvalue weighted by Gasteiger charge is 2.27. The van der Waals surface area contributed by atoms with E-state index in [1.165, 1.54) is 0 Å². The molecule has 25 heavy (non-hydrogen) atoms. The minimum absolute atomic E-state index is 0.150. The second-order valence-corrected chi connectivity index (χ2v) is 6.88. The molecule has 1 atom stereocenters. The van der Waals surface area contributed by atoms with Crippen molar-refractivity contribution in [2.24, 2.45) is 0 Å². The van der Waals surface area contributed by atoms with Gasteiger partial charge < -0.3 is 15.0 Å². The summed E-state index contributed by atoms with van der Waals surface area (Å²) in [5, 5.41) is 10.9. The van der Waals surface area contributed by atoms with Crippen molar-refractivity contribution in [1.29, 1.82) is 0 Å². The lowest BCUT2D eigenvalue weighted by atomic mass is 9.99. The number of rotatable bonds is 8. The van der Waals surface area contributed by atoms with Gasteiger partial charge in [0.15, 0.2) is 5.69 Å². The number of piperidine rings is 1. The van der Waals surface area contributed by atoms with E-state index >= 15 is 0 Å². The smallest absolute Gasteiger partial charge is 0.273 e. The number of likely N-dealkylation sites (tertiary alicyclic amines) is 1. The van der Waals surface area contributed by atoms with Crippen LogP contribution >= 0.6 is 0 Å². The normalized spacial score (nSPS) is 20.5. The van der Waals surface area contributed by atoms with E-state index in [0.29, 0.717) is 31.3 Å². The quantitative estimate of drug-likeness (QED) is 0.756. The van der Waals surface area contributed by atoms with Crippen molar-refractivity contribution in [2.75, 3.05) is 20.3 Å². The average molecular weight is 349 g/mol. The summed E-state index contributed by atoms with van der Waals surface area (Å²) < 4.78 is 6.72. The van der Waals surface area contributed by atoms with Crippen LogP contribution < -0.4 is 5.32 Å². The molecule has 2 aliphatic rings. The highest BCUT2D eigenvalue weighted by atomic mass is 16.5. The lowest BCUT2D eigenvalue weighted by Crippen LogP contribution is -2.44. The summed E-state index contributed by atoms with van der Waals surface area (Å²) in [7, 11) is 1.61. The number of hydrogen-bond acceptors (Lipinski definition) is 5. The molecule has 1 unspecified atom stereocenters. The maximum atomic E-state index is 12.3. The largest absolute Gasteiger partial charge is 0.384 e. The number of ether oxygens (including phenoxy) is 1. The Morgan fingerprint density at radius 3 is 2.92 bits per heavy atom. The maximum Gasteiger partial charge on any atom is 0.273 e. The van der Waals surface area contributed by atoms with E-state index < -0.39 is 0 Å².